The first kappa shape index (κ1) is 13.1. The van der Waals surface area contributed by atoms with Crippen LogP contribution in [0.15, 0.2) is 55.0 Å². The molecule has 96 valence electrons. The Morgan fingerprint density at radius 2 is 1.84 bits per heavy atom. The van der Waals surface area contributed by atoms with Gasteiger partial charge in [-0.2, -0.15) is 0 Å². The SMILES string of the molecule is CC.Fc1cnccc1-c1ccc2ncccc2c1. The average Bonchev–Trinajstić information content (AvgIpc) is 2.49. The Morgan fingerprint density at radius 1 is 1.00 bits per heavy atom. The van der Waals surface area contributed by atoms with Crippen LogP contribution >= 0.6 is 0 Å². The average molecular weight is 254 g/mol. The number of hydrogen-bond donors (Lipinski definition) is 0. The van der Waals surface area contributed by atoms with Gasteiger partial charge >= 0.3 is 0 Å². The molecule has 0 amide bonds. The maximum Gasteiger partial charge on any atom is 0.149 e. The summed E-state index contributed by atoms with van der Waals surface area (Å²) >= 11 is 0. The molecule has 0 spiro atoms. The van der Waals surface area contributed by atoms with Gasteiger partial charge in [-0.15, -0.1) is 0 Å². The van der Waals surface area contributed by atoms with Crippen LogP contribution in [0.5, 0.6) is 0 Å². The standard InChI is InChI=1S/C14H9FN2.C2H6/c15-13-9-16-7-5-12(13)10-3-4-14-11(8-10)2-1-6-17-14;1-2/h1-9H;1-2H3. The molecule has 0 saturated carbocycles. The molecule has 0 aliphatic rings. The van der Waals surface area contributed by atoms with Gasteiger partial charge in [0.15, 0.2) is 0 Å². The monoisotopic (exact) mass is 254 g/mol. The van der Waals surface area contributed by atoms with Crippen LogP contribution in [0, 0.1) is 5.82 Å². The van der Waals surface area contributed by atoms with E-state index in [2.05, 4.69) is 9.97 Å². The fourth-order valence-corrected chi connectivity index (χ4v) is 1.85. The largest absolute Gasteiger partial charge is 0.262 e. The molecule has 0 aliphatic carbocycles. The molecular weight excluding hydrogens is 239 g/mol. The van der Waals surface area contributed by atoms with E-state index in [9.17, 15) is 4.39 Å². The second-order valence-electron chi connectivity index (χ2n) is 3.77. The van der Waals surface area contributed by atoms with Gasteiger partial charge in [-0.1, -0.05) is 26.0 Å². The van der Waals surface area contributed by atoms with Crippen molar-refractivity contribution in [3.05, 3.63) is 60.8 Å². The highest BCUT2D eigenvalue weighted by molar-refractivity contribution is 5.84. The van der Waals surface area contributed by atoms with Crippen molar-refractivity contribution in [1.82, 2.24) is 9.97 Å². The van der Waals surface area contributed by atoms with E-state index in [1.807, 2.05) is 44.2 Å². The van der Waals surface area contributed by atoms with E-state index in [1.165, 1.54) is 6.20 Å². The molecule has 0 fully saturated rings. The van der Waals surface area contributed by atoms with Crippen LogP contribution in [0.3, 0.4) is 0 Å². The predicted molar refractivity (Wildman–Crippen MR) is 76.3 cm³/mol. The summed E-state index contributed by atoms with van der Waals surface area (Å²) in [6.45, 7) is 4.00. The number of aromatic nitrogens is 2. The van der Waals surface area contributed by atoms with E-state index in [4.69, 9.17) is 0 Å². The molecule has 0 aliphatic heterocycles. The maximum absolute atomic E-state index is 13.6. The van der Waals surface area contributed by atoms with E-state index in [0.29, 0.717) is 5.56 Å². The zero-order valence-corrected chi connectivity index (χ0v) is 11.0. The summed E-state index contributed by atoms with van der Waals surface area (Å²) < 4.78 is 13.6. The molecule has 3 aromatic rings. The van der Waals surface area contributed by atoms with Crippen molar-refractivity contribution in [3.63, 3.8) is 0 Å². The van der Waals surface area contributed by atoms with Crippen molar-refractivity contribution < 1.29 is 4.39 Å². The molecule has 0 atom stereocenters. The number of hydrogen-bond acceptors (Lipinski definition) is 2. The fraction of sp³-hybridized carbons (Fsp3) is 0.125. The Bertz CT molecular complexity index is 680. The van der Waals surface area contributed by atoms with E-state index < -0.39 is 0 Å². The smallest absolute Gasteiger partial charge is 0.149 e. The molecule has 1 aromatic carbocycles. The lowest BCUT2D eigenvalue weighted by Crippen LogP contribution is -1.86. The maximum atomic E-state index is 13.6. The third kappa shape index (κ3) is 2.76. The summed E-state index contributed by atoms with van der Waals surface area (Å²) in [4.78, 5) is 7.98. The molecular formula is C16H15FN2. The molecule has 2 nitrogen and oxygen atoms in total. The zero-order chi connectivity index (χ0) is 13.7. The minimum absolute atomic E-state index is 0.309. The number of nitrogens with zero attached hydrogens (tertiary/aromatic N) is 2. The van der Waals surface area contributed by atoms with Gasteiger partial charge in [-0.05, 0) is 29.8 Å². The molecule has 0 radical (unpaired) electrons. The molecule has 2 aromatic heterocycles. The van der Waals surface area contributed by atoms with Gasteiger partial charge in [0, 0.05) is 23.3 Å². The number of halogens is 1. The minimum Gasteiger partial charge on any atom is -0.262 e. The van der Waals surface area contributed by atoms with Gasteiger partial charge < -0.3 is 0 Å². The first-order chi connectivity index (χ1) is 9.34. The first-order valence-electron chi connectivity index (χ1n) is 6.29. The molecule has 0 unspecified atom stereocenters. The summed E-state index contributed by atoms with van der Waals surface area (Å²) in [5.74, 6) is -0.309. The first-order valence-corrected chi connectivity index (χ1v) is 6.29. The summed E-state index contributed by atoms with van der Waals surface area (Å²) in [6, 6.07) is 11.2. The Hall–Kier alpha value is -2.29. The van der Waals surface area contributed by atoms with Crippen LogP contribution in [0.4, 0.5) is 4.39 Å². The van der Waals surface area contributed by atoms with Crippen LogP contribution in [0.1, 0.15) is 13.8 Å². The highest BCUT2D eigenvalue weighted by Gasteiger charge is 2.05. The summed E-state index contributed by atoms with van der Waals surface area (Å²) in [5, 5.41) is 1.00. The molecule has 0 saturated heterocycles. The predicted octanol–water partition coefficient (Wildman–Crippen LogP) is 4.46. The van der Waals surface area contributed by atoms with Gasteiger partial charge in [0.25, 0.3) is 0 Å². The van der Waals surface area contributed by atoms with Crippen molar-refractivity contribution in [1.29, 1.82) is 0 Å². The lowest BCUT2D eigenvalue weighted by molar-refractivity contribution is 0.625. The zero-order valence-electron chi connectivity index (χ0n) is 11.0. The van der Waals surface area contributed by atoms with Gasteiger partial charge in [-0.25, -0.2) is 4.39 Å². The minimum atomic E-state index is -0.309. The molecule has 2 heterocycles. The second-order valence-corrected chi connectivity index (χ2v) is 3.77. The molecule has 19 heavy (non-hydrogen) atoms. The Kier molecular flexibility index (Phi) is 4.18. The van der Waals surface area contributed by atoms with Gasteiger partial charge in [0.05, 0.1) is 11.7 Å². The Morgan fingerprint density at radius 3 is 2.63 bits per heavy atom. The van der Waals surface area contributed by atoms with Crippen molar-refractivity contribution >= 4 is 10.9 Å². The molecule has 0 bridgehead atoms. The number of rotatable bonds is 1. The lowest BCUT2D eigenvalue weighted by atomic mass is 10.0. The normalized spacial score (nSPS) is 9.84. The lowest BCUT2D eigenvalue weighted by Gasteiger charge is -2.04. The van der Waals surface area contributed by atoms with Crippen molar-refractivity contribution in [3.8, 4) is 11.1 Å². The van der Waals surface area contributed by atoms with Crippen molar-refractivity contribution in [2.45, 2.75) is 13.8 Å². The quantitative estimate of drug-likeness (QED) is 0.640. The van der Waals surface area contributed by atoms with Crippen LogP contribution in [-0.2, 0) is 0 Å². The van der Waals surface area contributed by atoms with E-state index >= 15 is 0 Å². The van der Waals surface area contributed by atoms with Gasteiger partial charge in [-0.3, -0.25) is 9.97 Å². The Balaban J connectivity index is 0.000000637. The van der Waals surface area contributed by atoms with E-state index in [1.54, 1.807) is 18.5 Å². The van der Waals surface area contributed by atoms with Gasteiger partial charge in [0.2, 0.25) is 0 Å². The molecule has 0 N–H and O–H groups in total. The third-order valence-corrected chi connectivity index (χ3v) is 2.69. The van der Waals surface area contributed by atoms with Crippen molar-refractivity contribution in [2.24, 2.45) is 0 Å². The number of pyridine rings is 2. The fourth-order valence-electron chi connectivity index (χ4n) is 1.85. The number of fused-ring (bicyclic) bond motifs is 1. The van der Waals surface area contributed by atoms with E-state index in [-0.39, 0.29) is 5.82 Å². The van der Waals surface area contributed by atoms with Crippen LogP contribution in [-0.4, -0.2) is 9.97 Å². The highest BCUT2D eigenvalue weighted by Crippen LogP contribution is 2.24. The van der Waals surface area contributed by atoms with Crippen LogP contribution in [0.25, 0.3) is 22.0 Å². The van der Waals surface area contributed by atoms with E-state index in [0.717, 1.165) is 16.5 Å². The van der Waals surface area contributed by atoms with Crippen LogP contribution in [0.2, 0.25) is 0 Å². The summed E-state index contributed by atoms with van der Waals surface area (Å²) in [6.07, 6.45) is 4.56. The molecule has 3 rings (SSSR count). The van der Waals surface area contributed by atoms with Crippen molar-refractivity contribution in [2.75, 3.05) is 0 Å². The summed E-state index contributed by atoms with van der Waals surface area (Å²) in [5.41, 5.74) is 2.31. The topological polar surface area (TPSA) is 25.8 Å². The Labute approximate surface area is 112 Å². The second kappa shape index (κ2) is 6.05. The highest BCUT2D eigenvalue weighted by atomic mass is 19.1. The summed E-state index contributed by atoms with van der Waals surface area (Å²) in [7, 11) is 0. The third-order valence-electron chi connectivity index (χ3n) is 2.69. The van der Waals surface area contributed by atoms with Crippen LogP contribution < -0.4 is 0 Å². The molecule has 3 heteroatoms. The number of benzene rings is 1. The van der Waals surface area contributed by atoms with Gasteiger partial charge in [0.1, 0.15) is 5.82 Å².